The second-order valence-corrected chi connectivity index (χ2v) is 7.64. The van der Waals surface area contributed by atoms with E-state index in [1.807, 2.05) is 0 Å². The number of ether oxygens (including phenoxy) is 2. The van der Waals surface area contributed by atoms with Gasteiger partial charge in [-0.15, -0.1) is 0 Å². The van der Waals surface area contributed by atoms with Gasteiger partial charge in [0, 0.05) is 12.8 Å². The standard InChI is InChI=1S/C20H30O6/c21-15-19(11-5-1-6-12-19)25-17(23)9-3-4-10-18(24)26-20(16-22)13-7-2-8-14-20/h15-16H,1-14H2. The quantitative estimate of drug-likeness (QED) is 0.353. The number of unbranched alkanes of at least 4 members (excludes halogenated alkanes) is 1. The molecule has 2 fully saturated rings. The zero-order chi connectivity index (χ0) is 18.9. The van der Waals surface area contributed by atoms with Crippen molar-refractivity contribution in [3.8, 4) is 0 Å². The van der Waals surface area contributed by atoms with Crippen LogP contribution in [0.1, 0.15) is 89.9 Å². The third kappa shape index (κ3) is 5.92. The first-order valence-electron chi connectivity index (χ1n) is 9.89. The first-order valence-corrected chi connectivity index (χ1v) is 9.89. The molecule has 0 aromatic rings. The second-order valence-electron chi connectivity index (χ2n) is 7.64. The van der Waals surface area contributed by atoms with Crippen LogP contribution in [0.4, 0.5) is 0 Å². The van der Waals surface area contributed by atoms with E-state index in [0.29, 0.717) is 38.5 Å². The van der Waals surface area contributed by atoms with Crippen LogP contribution < -0.4 is 0 Å². The van der Waals surface area contributed by atoms with E-state index in [2.05, 4.69) is 0 Å². The molecular weight excluding hydrogens is 336 g/mol. The zero-order valence-electron chi connectivity index (χ0n) is 15.5. The summed E-state index contributed by atoms with van der Waals surface area (Å²) in [6.45, 7) is 0. The molecule has 2 aliphatic carbocycles. The van der Waals surface area contributed by atoms with Crippen molar-refractivity contribution in [3.05, 3.63) is 0 Å². The van der Waals surface area contributed by atoms with Crippen molar-refractivity contribution in [2.75, 3.05) is 0 Å². The fourth-order valence-electron chi connectivity index (χ4n) is 3.88. The van der Waals surface area contributed by atoms with E-state index in [9.17, 15) is 19.2 Å². The summed E-state index contributed by atoms with van der Waals surface area (Å²) < 4.78 is 10.8. The second kappa shape index (κ2) is 9.83. The van der Waals surface area contributed by atoms with Crippen molar-refractivity contribution in [1.82, 2.24) is 0 Å². The molecule has 6 heteroatoms. The van der Waals surface area contributed by atoms with Gasteiger partial charge in [0.25, 0.3) is 0 Å². The molecule has 0 amide bonds. The average molecular weight is 366 g/mol. The molecule has 0 unspecified atom stereocenters. The zero-order valence-corrected chi connectivity index (χ0v) is 15.5. The third-order valence-electron chi connectivity index (χ3n) is 5.48. The maximum Gasteiger partial charge on any atom is 0.306 e. The van der Waals surface area contributed by atoms with E-state index in [0.717, 1.165) is 51.1 Å². The summed E-state index contributed by atoms with van der Waals surface area (Å²) in [6.07, 6.45) is 11.0. The molecule has 0 saturated heterocycles. The molecule has 0 bridgehead atoms. The number of aldehydes is 2. The highest BCUT2D eigenvalue weighted by atomic mass is 16.6. The Balaban J connectivity index is 1.66. The highest BCUT2D eigenvalue weighted by Crippen LogP contribution is 2.31. The lowest BCUT2D eigenvalue weighted by Crippen LogP contribution is -2.39. The average Bonchev–Trinajstić information content (AvgIpc) is 2.66. The van der Waals surface area contributed by atoms with Crippen molar-refractivity contribution < 1.29 is 28.7 Å². The topological polar surface area (TPSA) is 86.7 Å². The van der Waals surface area contributed by atoms with Gasteiger partial charge in [-0.3, -0.25) is 19.2 Å². The van der Waals surface area contributed by atoms with E-state index in [-0.39, 0.29) is 24.8 Å². The summed E-state index contributed by atoms with van der Waals surface area (Å²) in [7, 11) is 0. The number of hydrogen-bond acceptors (Lipinski definition) is 6. The Labute approximate surface area is 155 Å². The van der Waals surface area contributed by atoms with Gasteiger partial charge in [0.05, 0.1) is 0 Å². The molecule has 6 nitrogen and oxygen atoms in total. The molecule has 0 heterocycles. The van der Waals surface area contributed by atoms with E-state index in [4.69, 9.17) is 9.47 Å². The van der Waals surface area contributed by atoms with Gasteiger partial charge in [-0.05, 0) is 64.2 Å². The Morgan fingerprint density at radius 3 is 1.31 bits per heavy atom. The van der Waals surface area contributed by atoms with Crippen LogP contribution in [0.3, 0.4) is 0 Å². The van der Waals surface area contributed by atoms with Gasteiger partial charge >= 0.3 is 11.9 Å². The van der Waals surface area contributed by atoms with Gasteiger partial charge in [0.15, 0.2) is 23.8 Å². The molecule has 2 rings (SSSR count). The van der Waals surface area contributed by atoms with Crippen molar-refractivity contribution in [2.45, 2.75) is 101 Å². The third-order valence-corrected chi connectivity index (χ3v) is 5.48. The van der Waals surface area contributed by atoms with Gasteiger partial charge in [-0.2, -0.15) is 0 Å². The lowest BCUT2D eigenvalue weighted by Gasteiger charge is -2.31. The number of carbonyl (C=O) groups is 4. The van der Waals surface area contributed by atoms with Gasteiger partial charge in [-0.1, -0.05) is 12.8 Å². The Morgan fingerprint density at radius 1 is 0.654 bits per heavy atom. The predicted molar refractivity (Wildman–Crippen MR) is 94.4 cm³/mol. The fourth-order valence-corrected chi connectivity index (χ4v) is 3.88. The van der Waals surface area contributed by atoms with Crippen LogP contribution in [0.15, 0.2) is 0 Å². The van der Waals surface area contributed by atoms with E-state index in [1.54, 1.807) is 0 Å². The van der Waals surface area contributed by atoms with Crippen LogP contribution in [0.2, 0.25) is 0 Å². The molecule has 0 N–H and O–H groups in total. The Kier molecular flexibility index (Phi) is 7.79. The van der Waals surface area contributed by atoms with Gasteiger partial charge in [-0.25, -0.2) is 0 Å². The number of carbonyl (C=O) groups excluding carboxylic acids is 4. The van der Waals surface area contributed by atoms with E-state index < -0.39 is 11.2 Å². The minimum absolute atomic E-state index is 0.182. The van der Waals surface area contributed by atoms with Crippen LogP contribution in [-0.4, -0.2) is 35.7 Å². The molecule has 0 aromatic heterocycles. The summed E-state index contributed by atoms with van der Waals surface area (Å²) in [6, 6.07) is 0. The fraction of sp³-hybridized carbons (Fsp3) is 0.800. The molecule has 0 radical (unpaired) electrons. The highest BCUT2D eigenvalue weighted by molar-refractivity contribution is 5.76. The molecule has 26 heavy (non-hydrogen) atoms. The minimum Gasteiger partial charge on any atom is -0.451 e. The summed E-state index contributed by atoms with van der Waals surface area (Å²) in [5, 5.41) is 0. The SMILES string of the molecule is O=CC1(OC(=O)CCCCC(=O)OC2(C=O)CCCCC2)CCCCC1. The first kappa shape index (κ1) is 20.6. The van der Waals surface area contributed by atoms with Crippen LogP contribution in [0, 0.1) is 0 Å². The largest absolute Gasteiger partial charge is 0.451 e. The van der Waals surface area contributed by atoms with Crippen LogP contribution >= 0.6 is 0 Å². The molecule has 0 atom stereocenters. The summed E-state index contributed by atoms with van der Waals surface area (Å²) >= 11 is 0. The lowest BCUT2D eigenvalue weighted by molar-refractivity contribution is -0.167. The summed E-state index contributed by atoms with van der Waals surface area (Å²) in [5.41, 5.74) is -1.88. The Hall–Kier alpha value is -1.72. The van der Waals surface area contributed by atoms with Crippen LogP contribution in [-0.2, 0) is 28.7 Å². The predicted octanol–water partition coefficient (Wildman–Crippen LogP) is 3.44. The molecule has 0 aromatic carbocycles. The molecule has 146 valence electrons. The Bertz CT molecular complexity index is 454. The Morgan fingerprint density at radius 2 is 1.00 bits per heavy atom. The highest BCUT2D eigenvalue weighted by Gasteiger charge is 2.36. The van der Waals surface area contributed by atoms with Crippen LogP contribution in [0.25, 0.3) is 0 Å². The number of hydrogen-bond donors (Lipinski definition) is 0. The van der Waals surface area contributed by atoms with E-state index in [1.165, 1.54) is 0 Å². The first-order chi connectivity index (χ1) is 12.5. The van der Waals surface area contributed by atoms with Gasteiger partial charge in [0.1, 0.15) is 0 Å². The molecule has 0 spiro atoms. The van der Waals surface area contributed by atoms with Crippen molar-refractivity contribution in [2.24, 2.45) is 0 Å². The van der Waals surface area contributed by atoms with E-state index >= 15 is 0 Å². The maximum atomic E-state index is 12.0. The molecule has 2 saturated carbocycles. The normalized spacial score (nSPS) is 21.4. The number of rotatable bonds is 9. The summed E-state index contributed by atoms with van der Waals surface area (Å²) in [4.78, 5) is 46.6. The van der Waals surface area contributed by atoms with Gasteiger partial charge < -0.3 is 9.47 Å². The van der Waals surface area contributed by atoms with Crippen molar-refractivity contribution in [1.29, 1.82) is 0 Å². The maximum absolute atomic E-state index is 12.0. The lowest BCUT2D eigenvalue weighted by atomic mass is 9.86. The van der Waals surface area contributed by atoms with Crippen molar-refractivity contribution in [3.63, 3.8) is 0 Å². The number of esters is 2. The summed E-state index contributed by atoms with van der Waals surface area (Å²) in [5.74, 6) is -0.770. The minimum atomic E-state index is -0.939. The van der Waals surface area contributed by atoms with Gasteiger partial charge in [0.2, 0.25) is 0 Å². The monoisotopic (exact) mass is 366 g/mol. The van der Waals surface area contributed by atoms with Crippen molar-refractivity contribution >= 4 is 24.5 Å². The molecule has 2 aliphatic rings. The molecular formula is C20H30O6. The van der Waals surface area contributed by atoms with Crippen LogP contribution in [0.5, 0.6) is 0 Å². The smallest absolute Gasteiger partial charge is 0.306 e. The molecule has 0 aliphatic heterocycles.